The third-order valence-corrected chi connectivity index (χ3v) is 4.37. The molecule has 1 aliphatic heterocycles. The standard InChI is InChI=1S/C17H22O3/c1-12-7-8-14(13-5-3-2-4-6-13)16(11-12)20-15-9-10-19-17(15)18/h7-8,11,13,15H,2-6,9-10H2,1H3. The molecule has 1 heterocycles. The zero-order valence-corrected chi connectivity index (χ0v) is 12.1. The highest BCUT2D eigenvalue weighted by Gasteiger charge is 2.30. The van der Waals surface area contributed by atoms with Gasteiger partial charge in [-0.2, -0.15) is 0 Å². The second-order valence-electron chi connectivity index (χ2n) is 5.94. The minimum absolute atomic E-state index is 0.221. The summed E-state index contributed by atoms with van der Waals surface area (Å²) in [6, 6.07) is 6.39. The number of rotatable bonds is 3. The van der Waals surface area contributed by atoms with Gasteiger partial charge in [-0.15, -0.1) is 0 Å². The van der Waals surface area contributed by atoms with Gasteiger partial charge in [0.05, 0.1) is 6.61 Å². The van der Waals surface area contributed by atoms with Gasteiger partial charge in [0.2, 0.25) is 0 Å². The van der Waals surface area contributed by atoms with E-state index in [0.29, 0.717) is 18.9 Å². The van der Waals surface area contributed by atoms with Gasteiger partial charge in [0.25, 0.3) is 0 Å². The fourth-order valence-corrected chi connectivity index (χ4v) is 3.23. The maximum atomic E-state index is 11.6. The van der Waals surface area contributed by atoms with Gasteiger partial charge in [-0.25, -0.2) is 4.79 Å². The highest BCUT2D eigenvalue weighted by atomic mass is 16.6. The lowest BCUT2D eigenvalue weighted by molar-refractivity contribution is -0.143. The molecule has 108 valence electrons. The number of benzene rings is 1. The predicted octanol–water partition coefficient (Wildman–Crippen LogP) is 3.74. The summed E-state index contributed by atoms with van der Waals surface area (Å²) in [4.78, 5) is 11.6. The Balaban J connectivity index is 1.83. The van der Waals surface area contributed by atoms with Gasteiger partial charge in [-0.3, -0.25) is 0 Å². The molecule has 1 aliphatic carbocycles. The van der Waals surface area contributed by atoms with Gasteiger partial charge in [0, 0.05) is 6.42 Å². The van der Waals surface area contributed by atoms with Crippen LogP contribution in [0.2, 0.25) is 0 Å². The van der Waals surface area contributed by atoms with Crippen LogP contribution < -0.4 is 4.74 Å². The molecule has 0 radical (unpaired) electrons. The van der Waals surface area contributed by atoms with E-state index in [0.717, 1.165) is 5.75 Å². The average Bonchev–Trinajstić information content (AvgIpc) is 2.85. The number of carbonyl (C=O) groups excluding carboxylic acids is 1. The highest BCUT2D eigenvalue weighted by Crippen LogP contribution is 2.38. The third kappa shape index (κ3) is 2.82. The van der Waals surface area contributed by atoms with Crippen molar-refractivity contribution in [3.05, 3.63) is 29.3 Å². The zero-order valence-electron chi connectivity index (χ0n) is 12.1. The largest absolute Gasteiger partial charge is 0.478 e. The first-order chi connectivity index (χ1) is 9.74. The zero-order chi connectivity index (χ0) is 13.9. The van der Waals surface area contributed by atoms with E-state index in [9.17, 15) is 4.79 Å². The Morgan fingerprint density at radius 3 is 2.65 bits per heavy atom. The first-order valence-electron chi connectivity index (χ1n) is 7.68. The summed E-state index contributed by atoms with van der Waals surface area (Å²) in [5.41, 5.74) is 2.45. The van der Waals surface area contributed by atoms with Crippen molar-refractivity contribution in [3.63, 3.8) is 0 Å². The molecule has 1 saturated carbocycles. The molecule has 1 unspecified atom stereocenters. The van der Waals surface area contributed by atoms with E-state index in [4.69, 9.17) is 9.47 Å². The molecule has 1 aromatic rings. The number of cyclic esters (lactones) is 1. The Hall–Kier alpha value is -1.51. The van der Waals surface area contributed by atoms with Crippen LogP contribution in [-0.4, -0.2) is 18.7 Å². The highest BCUT2D eigenvalue weighted by molar-refractivity contribution is 5.76. The topological polar surface area (TPSA) is 35.5 Å². The van der Waals surface area contributed by atoms with Crippen molar-refractivity contribution in [2.24, 2.45) is 0 Å². The molecular formula is C17H22O3. The number of aryl methyl sites for hydroxylation is 1. The Morgan fingerprint density at radius 1 is 1.15 bits per heavy atom. The van der Waals surface area contributed by atoms with Crippen LogP contribution in [-0.2, 0) is 9.53 Å². The first-order valence-corrected chi connectivity index (χ1v) is 7.68. The van der Waals surface area contributed by atoms with E-state index in [-0.39, 0.29) is 5.97 Å². The van der Waals surface area contributed by atoms with Gasteiger partial charge in [0.15, 0.2) is 6.10 Å². The van der Waals surface area contributed by atoms with Crippen molar-refractivity contribution < 1.29 is 14.3 Å². The fourth-order valence-electron chi connectivity index (χ4n) is 3.23. The van der Waals surface area contributed by atoms with Crippen LogP contribution in [0.15, 0.2) is 18.2 Å². The summed E-state index contributed by atoms with van der Waals surface area (Å²) in [5.74, 6) is 1.25. The molecule has 0 bridgehead atoms. The van der Waals surface area contributed by atoms with Crippen LogP contribution >= 0.6 is 0 Å². The Labute approximate surface area is 120 Å². The Bertz CT molecular complexity index is 489. The van der Waals surface area contributed by atoms with Gasteiger partial charge in [0.1, 0.15) is 5.75 Å². The summed E-state index contributed by atoms with van der Waals surface area (Å²) in [6.07, 6.45) is 6.64. The number of hydrogen-bond donors (Lipinski definition) is 0. The van der Waals surface area contributed by atoms with Crippen molar-refractivity contribution >= 4 is 5.97 Å². The maximum Gasteiger partial charge on any atom is 0.347 e. The van der Waals surface area contributed by atoms with Gasteiger partial charge >= 0.3 is 5.97 Å². The minimum Gasteiger partial charge on any atom is -0.478 e. The second kappa shape index (κ2) is 5.86. The molecule has 0 aromatic heterocycles. The summed E-state index contributed by atoms with van der Waals surface area (Å²) in [6.45, 7) is 2.54. The second-order valence-corrected chi connectivity index (χ2v) is 5.94. The van der Waals surface area contributed by atoms with Gasteiger partial charge in [-0.1, -0.05) is 31.4 Å². The van der Waals surface area contributed by atoms with E-state index in [1.54, 1.807) is 0 Å². The van der Waals surface area contributed by atoms with Crippen molar-refractivity contribution in [2.75, 3.05) is 6.61 Å². The molecule has 2 aliphatic rings. The molecule has 3 rings (SSSR count). The molecule has 3 heteroatoms. The van der Waals surface area contributed by atoms with Crippen LogP contribution in [0.4, 0.5) is 0 Å². The predicted molar refractivity (Wildman–Crippen MR) is 77.0 cm³/mol. The quantitative estimate of drug-likeness (QED) is 0.788. The maximum absolute atomic E-state index is 11.6. The number of ether oxygens (including phenoxy) is 2. The molecule has 1 saturated heterocycles. The monoisotopic (exact) mass is 274 g/mol. The van der Waals surface area contributed by atoms with E-state index in [2.05, 4.69) is 25.1 Å². The number of hydrogen-bond acceptors (Lipinski definition) is 3. The molecular weight excluding hydrogens is 252 g/mol. The first kappa shape index (κ1) is 13.5. The molecule has 0 N–H and O–H groups in total. The molecule has 20 heavy (non-hydrogen) atoms. The molecule has 0 spiro atoms. The SMILES string of the molecule is Cc1ccc(C2CCCCC2)c(OC2CCOC2=O)c1. The number of carbonyl (C=O) groups is 1. The lowest BCUT2D eigenvalue weighted by Gasteiger charge is -2.25. The van der Waals surface area contributed by atoms with Crippen LogP contribution in [0.5, 0.6) is 5.75 Å². The molecule has 0 amide bonds. The van der Waals surface area contributed by atoms with E-state index in [1.807, 2.05) is 0 Å². The smallest absolute Gasteiger partial charge is 0.347 e. The van der Waals surface area contributed by atoms with Crippen molar-refractivity contribution in [2.45, 2.75) is 57.5 Å². The van der Waals surface area contributed by atoms with Crippen molar-refractivity contribution in [1.29, 1.82) is 0 Å². The molecule has 2 fully saturated rings. The Kier molecular flexibility index (Phi) is 3.95. The average molecular weight is 274 g/mol. The lowest BCUT2D eigenvalue weighted by atomic mass is 9.83. The van der Waals surface area contributed by atoms with Crippen LogP contribution in [0.25, 0.3) is 0 Å². The molecule has 1 aromatic carbocycles. The van der Waals surface area contributed by atoms with Crippen molar-refractivity contribution in [1.82, 2.24) is 0 Å². The van der Waals surface area contributed by atoms with Crippen LogP contribution in [0.3, 0.4) is 0 Å². The van der Waals surface area contributed by atoms with Crippen molar-refractivity contribution in [3.8, 4) is 5.75 Å². The fraction of sp³-hybridized carbons (Fsp3) is 0.588. The minimum atomic E-state index is -0.417. The van der Waals surface area contributed by atoms with E-state index >= 15 is 0 Å². The third-order valence-electron chi connectivity index (χ3n) is 4.37. The van der Waals surface area contributed by atoms with E-state index < -0.39 is 6.10 Å². The van der Waals surface area contributed by atoms with Gasteiger partial charge in [-0.05, 0) is 42.9 Å². The summed E-state index contributed by atoms with van der Waals surface area (Å²) in [5, 5.41) is 0. The summed E-state index contributed by atoms with van der Waals surface area (Å²) >= 11 is 0. The van der Waals surface area contributed by atoms with Gasteiger partial charge < -0.3 is 9.47 Å². The Morgan fingerprint density at radius 2 is 1.95 bits per heavy atom. The van der Waals surface area contributed by atoms with Crippen LogP contribution in [0, 0.1) is 6.92 Å². The number of esters is 1. The molecule has 1 atom stereocenters. The lowest BCUT2D eigenvalue weighted by Crippen LogP contribution is -2.22. The summed E-state index contributed by atoms with van der Waals surface area (Å²) in [7, 11) is 0. The van der Waals surface area contributed by atoms with E-state index in [1.165, 1.54) is 43.2 Å². The summed E-state index contributed by atoms with van der Waals surface area (Å²) < 4.78 is 11.0. The van der Waals surface area contributed by atoms with Crippen LogP contribution in [0.1, 0.15) is 55.6 Å². The normalized spacial score (nSPS) is 23.6. The molecule has 3 nitrogen and oxygen atoms in total.